The average molecular weight is 421 g/mol. The zero-order chi connectivity index (χ0) is 21.1. The van der Waals surface area contributed by atoms with Gasteiger partial charge in [0.1, 0.15) is 0 Å². The van der Waals surface area contributed by atoms with Gasteiger partial charge in [-0.05, 0) is 45.2 Å². The Morgan fingerprint density at radius 3 is 2.53 bits per heavy atom. The SMILES string of the molecule is Cc1ccc2c(c1)[C@]1(SC(C)(C)CN1C(=O)C1CCC1)C(=O)N2Cc1ccccc1. The summed E-state index contributed by atoms with van der Waals surface area (Å²) in [6.45, 7) is 7.47. The maximum Gasteiger partial charge on any atom is 0.268 e. The van der Waals surface area contributed by atoms with Crippen molar-refractivity contribution in [2.75, 3.05) is 11.4 Å². The van der Waals surface area contributed by atoms with Gasteiger partial charge in [0.05, 0.1) is 12.2 Å². The van der Waals surface area contributed by atoms with E-state index in [1.165, 1.54) is 0 Å². The van der Waals surface area contributed by atoms with E-state index in [1.807, 2.05) is 28.0 Å². The number of aryl methyl sites for hydroxylation is 1. The van der Waals surface area contributed by atoms with Crippen molar-refractivity contribution in [3.8, 4) is 0 Å². The van der Waals surface area contributed by atoms with Crippen LogP contribution in [0.15, 0.2) is 48.5 Å². The Morgan fingerprint density at radius 1 is 1.13 bits per heavy atom. The van der Waals surface area contributed by atoms with Crippen molar-refractivity contribution in [3.05, 3.63) is 65.2 Å². The van der Waals surface area contributed by atoms with Gasteiger partial charge in [0, 0.05) is 22.8 Å². The summed E-state index contributed by atoms with van der Waals surface area (Å²) in [5, 5.41) is 0. The van der Waals surface area contributed by atoms with E-state index < -0.39 is 4.87 Å². The van der Waals surface area contributed by atoms with Gasteiger partial charge in [-0.1, -0.05) is 54.4 Å². The van der Waals surface area contributed by atoms with E-state index in [1.54, 1.807) is 11.8 Å². The molecule has 2 aromatic carbocycles. The maximum atomic E-state index is 14.1. The quantitative estimate of drug-likeness (QED) is 0.713. The van der Waals surface area contributed by atoms with Crippen molar-refractivity contribution in [2.24, 2.45) is 5.92 Å². The average Bonchev–Trinajstić information content (AvgIpc) is 3.08. The molecule has 0 aromatic heterocycles. The highest BCUT2D eigenvalue weighted by molar-refractivity contribution is 8.02. The monoisotopic (exact) mass is 420 g/mol. The van der Waals surface area contributed by atoms with Crippen LogP contribution >= 0.6 is 11.8 Å². The summed E-state index contributed by atoms with van der Waals surface area (Å²) in [5.41, 5.74) is 4.12. The highest BCUT2D eigenvalue weighted by atomic mass is 32.2. The Labute approximate surface area is 182 Å². The molecule has 5 rings (SSSR count). The van der Waals surface area contributed by atoms with Crippen molar-refractivity contribution in [2.45, 2.75) is 56.2 Å². The summed E-state index contributed by atoms with van der Waals surface area (Å²) in [7, 11) is 0. The highest BCUT2D eigenvalue weighted by Gasteiger charge is 2.64. The van der Waals surface area contributed by atoms with Gasteiger partial charge < -0.3 is 9.80 Å². The summed E-state index contributed by atoms with van der Waals surface area (Å²) in [5.74, 6) is 0.248. The largest absolute Gasteiger partial charge is 0.314 e. The van der Waals surface area contributed by atoms with E-state index in [9.17, 15) is 9.59 Å². The lowest BCUT2D eigenvalue weighted by molar-refractivity contribution is -0.146. The van der Waals surface area contributed by atoms with Crippen LogP contribution in [-0.2, 0) is 21.0 Å². The molecule has 156 valence electrons. The molecule has 2 fully saturated rings. The predicted molar refractivity (Wildman–Crippen MR) is 121 cm³/mol. The third-order valence-electron chi connectivity index (χ3n) is 6.59. The first kappa shape index (κ1) is 19.7. The predicted octanol–water partition coefficient (Wildman–Crippen LogP) is 4.85. The molecule has 0 bridgehead atoms. The second kappa shape index (κ2) is 6.88. The normalized spacial score (nSPS) is 25.0. The van der Waals surface area contributed by atoms with Crippen LogP contribution in [-0.4, -0.2) is 28.0 Å². The van der Waals surface area contributed by atoms with Crippen LogP contribution in [0.3, 0.4) is 0 Å². The lowest BCUT2D eigenvalue weighted by atomic mass is 9.83. The smallest absolute Gasteiger partial charge is 0.268 e. The van der Waals surface area contributed by atoms with Crippen molar-refractivity contribution in [1.82, 2.24) is 4.90 Å². The van der Waals surface area contributed by atoms with E-state index in [4.69, 9.17) is 0 Å². The molecule has 1 saturated carbocycles. The molecule has 1 spiro atoms. The molecule has 2 amide bonds. The van der Waals surface area contributed by atoms with Crippen LogP contribution in [0.2, 0.25) is 0 Å². The molecule has 1 saturated heterocycles. The molecule has 1 atom stereocenters. The second-order valence-corrected chi connectivity index (χ2v) is 11.4. The zero-order valence-electron chi connectivity index (χ0n) is 17.9. The van der Waals surface area contributed by atoms with E-state index in [0.717, 1.165) is 41.6 Å². The molecule has 0 N–H and O–H groups in total. The van der Waals surface area contributed by atoms with Gasteiger partial charge in [-0.25, -0.2) is 0 Å². The van der Waals surface area contributed by atoms with Crippen molar-refractivity contribution in [3.63, 3.8) is 0 Å². The Hall–Kier alpha value is -2.27. The van der Waals surface area contributed by atoms with E-state index >= 15 is 0 Å². The van der Waals surface area contributed by atoms with E-state index in [0.29, 0.717) is 13.1 Å². The van der Waals surface area contributed by atoms with Crippen molar-refractivity contribution >= 4 is 29.3 Å². The molecular formula is C25H28N2O2S. The standard InChI is InChI=1S/C25H28N2O2S/c1-17-12-13-21-20(14-17)25(23(29)26(21)15-18-8-5-4-6-9-18)27(16-24(2,3)30-25)22(28)19-10-7-11-19/h4-6,8-9,12-14,19H,7,10-11,15-16H2,1-3H3/t25-/m0/s1. The minimum atomic E-state index is -0.952. The third kappa shape index (κ3) is 2.89. The minimum Gasteiger partial charge on any atom is -0.314 e. The Morgan fingerprint density at radius 2 is 1.87 bits per heavy atom. The maximum absolute atomic E-state index is 14.1. The lowest BCUT2D eigenvalue weighted by Crippen LogP contribution is -2.52. The molecule has 0 unspecified atom stereocenters. The van der Waals surface area contributed by atoms with Gasteiger partial charge in [0.15, 0.2) is 4.87 Å². The number of benzene rings is 2. The van der Waals surface area contributed by atoms with Crippen molar-refractivity contribution in [1.29, 1.82) is 0 Å². The van der Waals surface area contributed by atoms with Gasteiger partial charge in [-0.2, -0.15) is 0 Å². The molecule has 2 aliphatic heterocycles. The fourth-order valence-electron chi connectivity index (χ4n) is 4.93. The number of hydrogen-bond donors (Lipinski definition) is 0. The minimum absolute atomic E-state index is 0.0233. The molecule has 3 aliphatic rings. The molecule has 2 aromatic rings. The van der Waals surface area contributed by atoms with Crippen LogP contribution in [0.1, 0.15) is 49.8 Å². The fourth-order valence-corrected chi connectivity index (χ4v) is 6.66. The summed E-state index contributed by atoms with van der Waals surface area (Å²) in [4.78, 5) is 30.5. The number of carbonyl (C=O) groups excluding carboxylic acids is 2. The molecule has 2 heterocycles. The zero-order valence-corrected chi connectivity index (χ0v) is 18.7. The summed E-state index contributed by atoms with van der Waals surface area (Å²) in [6, 6.07) is 16.3. The summed E-state index contributed by atoms with van der Waals surface area (Å²) in [6.07, 6.45) is 3.00. The third-order valence-corrected chi connectivity index (χ3v) is 8.18. The van der Waals surface area contributed by atoms with Gasteiger partial charge in [-0.3, -0.25) is 9.59 Å². The number of anilines is 1. The van der Waals surface area contributed by atoms with Crippen LogP contribution < -0.4 is 4.90 Å². The number of nitrogens with zero attached hydrogens (tertiary/aromatic N) is 2. The number of hydrogen-bond acceptors (Lipinski definition) is 3. The van der Waals surface area contributed by atoms with E-state index in [-0.39, 0.29) is 22.5 Å². The van der Waals surface area contributed by atoms with Crippen LogP contribution in [0.4, 0.5) is 5.69 Å². The Bertz CT molecular complexity index is 1020. The molecule has 5 heteroatoms. The summed E-state index contributed by atoms with van der Waals surface area (Å²) < 4.78 is -0.182. The van der Waals surface area contributed by atoms with Gasteiger partial charge in [0.25, 0.3) is 5.91 Å². The Kier molecular flexibility index (Phi) is 4.51. The first-order valence-electron chi connectivity index (χ1n) is 10.8. The molecule has 30 heavy (non-hydrogen) atoms. The highest BCUT2D eigenvalue weighted by Crippen LogP contribution is 2.60. The number of amides is 2. The Balaban J connectivity index is 1.64. The number of fused-ring (bicyclic) bond motifs is 2. The molecule has 4 nitrogen and oxygen atoms in total. The fraction of sp³-hybridized carbons (Fsp3) is 0.440. The first-order chi connectivity index (χ1) is 14.3. The second-order valence-electron chi connectivity index (χ2n) is 9.46. The topological polar surface area (TPSA) is 40.6 Å². The molecular weight excluding hydrogens is 392 g/mol. The van der Waals surface area contributed by atoms with Crippen LogP contribution in [0.25, 0.3) is 0 Å². The van der Waals surface area contributed by atoms with Crippen LogP contribution in [0, 0.1) is 12.8 Å². The first-order valence-corrected chi connectivity index (χ1v) is 11.6. The summed E-state index contributed by atoms with van der Waals surface area (Å²) >= 11 is 1.65. The number of thioether (sulfide) groups is 1. The molecule has 0 radical (unpaired) electrons. The molecule has 1 aliphatic carbocycles. The number of rotatable bonds is 3. The van der Waals surface area contributed by atoms with E-state index in [2.05, 4.69) is 51.1 Å². The van der Waals surface area contributed by atoms with Crippen LogP contribution in [0.5, 0.6) is 0 Å². The number of carbonyl (C=O) groups is 2. The lowest BCUT2D eigenvalue weighted by Gasteiger charge is -2.37. The van der Waals surface area contributed by atoms with Gasteiger partial charge >= 0.3 is 0 Å². The van der Waals surface area contributed by atoms with Gasteiger partial charge in [-0.15, -0.1) is 11.8 Å². The van der Waals surface area contributed by atoms with Gasteiger partial charge in [0.2, 0.25) is 5.91 Å². The van der Waals surface area contributed by atoms with Crippen molar-refractivity contribution < 1.29 is 9.59 Å².